The van der Waals surface area contributed by atoms with E-state index in [-0.39, 0.29) is 0 Å². The minimum atomic E-state index is 0.704. The van der Waals surface area contributed by atoms with Gasteiger partial charge < -0.3 is 4.90 Å². The Labute approximate surface area is 322 Å². The third kappa shape index (κ3) is 5.36. The van der Waals surface area contributed by atoms with Crippen LogP contribution in [0, 0.1) is 0 Å². The summed E-state index contributed by atoms with van der Waals surface area (Å²) in [5, 5.41) is 7.72. The first kappa shape index (κ1) is 31.4. The molecular weight excluding hydrogens is 689 g/mol. The molecule has 3 heterocycles. The van der Waals surface area contributed by atoms with Gasteiger partial charge >= 0.3 is 0 Å². The zero-order valence-corrected chi connectivity index (χ0v) is 30.5. The lowest BCUT2D eigenvalue weighted by molar-refractivity contribution is 1.11. The lowest BCUT2D eigenvalue weighted by atomic mass is 9.88. The predicted molar refractivity (Wildman–Crippen MR) is 231 cm³/mol. The number of hydrogen-bond acceptors (Lipinski definition) is 4. The van der Waals surface area contributed by atoms with Gasteiger partial charge in [0.15, 0.2) is 0 Å². The number of imidazole rings is 1. The Morgan fingerprint density at radius 1 is 0.455 bits per heavy atom. The average Bonchev–Trinajstić information content (AvgIpc) is 3.93. The van der Waals surface area contributed by atoms with Gasteiger partial charge in [0.1, 0.15) is 0 Å². The molecule has 4 nitrogen and oxygen atoms in total. The number of anilines is 3. The van der Waals surface area contributed by atoms with E-state index in [1.807, 2.05) is 34.2 Å². The summed E-state index contributed by atoms with van der Waals surface area (Å²) in [7, 11) is 0. The van der Waals surface area contributed by atoms with Crippen LogP contribution in [0.15, 0.2) is 195 Å². The minimum Gasteiger partial charge on any atom is -0.311 e. The molecule has 0 fully saturated rings. The molecule has 0 saturated heterocycles. The summed E-state index contributed by atoms with van der Waals surface area (Å²) in [4.78, 5) is 13.9. The monoisotopic (exact) mass is 720 g/mol. The van der Waals surface area contributed by atoms with E-state index in [4.69, 9.17) is 4.98 Å². The number of para-hydroxylation sites is 2. The van der Waals surface area contributed by atoms with Gasteiger partial charge in [0.05, 0.1) is 5.69 Å². The molecule has 0 aliphatic rings. The van der Waals surface area contributed by atoms with Crippen molar-refractivity contribution in [3.8, 4) is 43.3 Å². The van der Waals surface area contributed by atoms with Crippen molar-refractivity contribution in [2.45, 2.75) is 0 Å². The highest BCUT2D eigenvalue weighted by Gasteiger charge is 2.17. The van der Waals surface area contributed by atoms with Gasteiger partial charge in [-0.05, 0) is 109 Å². The quantitative estimate of drug-likeness (QED) is 0.154. The maximum atomic E-state index is 4.72. The van der Waals surface area contributed by atoms with Crippen LogP contribution >= 0.6 is 11.3 Å². The van der Waals surface area contributed by atoms with E-state index in [9.17, 15) is 0 Å². The fraction of sp³-hybridized carbons (Fsp3) is 0. The Morgan fingerprint density at radius 2 is 1.02 bits per heavy atom. The number of thiophene rings is 1. The standard InChI is InChI=1S/C50H32N4S/c1-3-8-38(9-4-1)54(39-10-5-2-6-11-39)40-22-16-35(17-23-40)46-28-29-47(55-46)42-25-19-37-20-26-43-41(24-18-36-21-27-44(42)49(37)48(36)43)33-12-14-34(15-13-33)45-32-53-31-7-30-51-50(53)52-45/h1-32H. The van der Waals surface area contributed by atoms with Crippen LogP contribution in [0.5, 0.6) is 0 Å². The molecule has 3 aromatic heterocycles. The lowest BCUT2D eigenvalue weighted by Gasteiger charge is -2.25. The highest BCUT2D eigenvalue weighted by molar-refractivity contribution is 7.18. The molecule has 0 saturated carbocycles. The summed E-state index contributed by atoms with van der Waals surface area (Å²) in [5.41, 5.74) is 10.3. The minimum absolute atomic E-state index is 0.704. The van der Waals surface area contributed by atoms with E-state index in [1.54, 1.807) is 6.20 Å². The first-order chi connectivity index (χ1) is 27.2. The van der Waals surface area contributed by atoms with Crippen molar-refractivity contribution >= 4 is 66.5 Å². The second-order valence-corrected chi connectivity index (χ2v) is 15.0. The van der Waals surface area contributed by atoms with Crippen LogP contribution < -0.4 is 4.90 Å². The van der Waals surface area contributed by atoms with E-state index < -0.39 is 0 Å². The SMILES string of the molecule is c1ccc(N(c2ccccc2)c2ccc(-c3ccc(-c4ccc5ccc6c(-c7ccc(-c8cn9cccnc9n8)cc7)ccc7ccc4c5c76)s3)cc2)cc1. The van der Waals surface area contributed by atoms with E-state index in [0.29, 0.717) is 5.78 Å². The highest BCUT2D eigenvalue weighted by atomic mass is 32.1. The molecular formula is C50H32N4S. The number of nitrogens with zero attached hydrogens (tertiary/aromatic N) is 4. The molecule has 0 amide bonds. The summed E-state index contributed by atoms with van der Waals surface area (Å²) in [5.74, 6) is 0.704. The maximum absolute atomic E-state index is 4.72. The summed E-state index contributed by atoms with van der Waals surface area (Å²) < 4.78 is 1.96. The van der Waals surface area contributed by atoms with Gasteiger partial charge in [0.2, 0.25) is 5.78 Å². The van der Waals surface area contributed by atoms with Crippen molar-refractivity contribution in [2.24, 2.45) is 0 Å². The molecule has 0 unspecified atom stereocenters. The van der Waals surface area contributed by atoms with Crippen molar-refractivity contribution in [1.82, 2.24) is 14.4 Å². The normalized spacial score (nSPS) is 11.6. The van der Waals surface area contributed by atoms with Gasteiger partial charge in [-0.15, -0.1) is 11.3 Å². The van der Waals surface area contributed by atoms with Crippen molar-refractivity contribution in [2.75, 3.05) is 4.90 Å². The van der Waals surface area contributed by atoms with Crippen LogP contribution in [-0.4, -0.2) is 14.4 Å². The molecule has 0 aliphatic carbocycles. The molecule has 0 atom stereocenters. The molecule has 0 spiro atoms. The predicted octanol–water partition coefficient (Wildman–Crippen LogP) is 13.8. The van der Waals surface area contributed by atoms with Crippen LogP contribution in [-0.2, 0) is 0 Å². The first-order valence-electron chi connectivity index (χ1n) is 18.5. The summed E-state index contributed by atoms with van der Waals surface area (Å²) in [6, 6.07) is 63.6. The highest BCUT2D eigenvalue weighted by Crippen LogP contribution is 2.45. The van der Waals surface area contributed by atoms with Gasteiger partial charge in [-0.2, -0.15) is 0 Å². The van der Waals surface area contributed by atoms with Crippen LogP contribution in [0.4, 0.5) is 17.1 Å². The Kier molecular flexibility index (Phi) is 7.32. The van der Waals surface area contributed by atoms with E-state index in [1.165, 1.54) is 64.3 Å². The average molecular weight is 721 g/mol. The molecule has 0 aliphatic heterocycles. The molecule has 5 heteroatoms. The Balaban J connectivity index is 0.945. The molecule has 0 N–H and O–H groups in total. The van der Waals surface area contributed by atoms with Gasteiger partial charge in [-0.25, -0.2) is 9.97 Å². The second-order valence-electron chi connectivity index (χ2n) is 13.9. The maximum Gasteiger partial charge on any atom is 0.234 e. The molecule has 258 valence electrons. The van der Waals surface area contributed by atoms with Gasteiger partial charge in [-0.3, -0.25) is 4.40 Å². The number of aromatic nitrogens is 3. The zero-order valence-electron chi connectivity index (χ0n) is 29.7. The van der Waals surface area contributed by atoms with E-state index in [2.05, 4.69) is 180 Å². The first-order valence-corrected chi connectivity index (χ1v) is 19.3. The van der Waals surface area contributed by atoms with Crippen molar-refractivity contribution < 1.29 is 0 Å². The molecule has 11 aromatic rings. The summed E-state index contributed by atoms with van der Waals surface area (Å²) >= 11 is 1.85. The van der Waals surface area contributed by atoms with E-state index in [0.717, 1.165) is 28.3 Å². The number of hydrogen-bond donors (Lipinski definition) is 0. The largest absolute Gasteiger partial charge is 0.311 e. The molecule has 0 radical (unpaired) electrons. The molecule has 55 heavy (non-hydrogen) atoms. The third-order valence-corrected chi connectivity index (χ3v) is 11.9. The second kappa shape index (κ2) is 12.8. The van der Waals surface area contributed by atoms with Gasteiger partial charge in [-0.1, -0.05) is 121 Å². The smallest absolute Gasteiger partial charge is 0.234 e. The van der Waals surface area contributed by atoms with E-state index >= 15 is 0 Å². The van der Waals surface area contributed by atoms with Gasteiger partial charge in [0, 0.05) is 51.0 Å². The van der Waals surface area contributed by atoms with Crippen LogP contribution in [0.25, 0.3) is 81.4 Å². The Morgan fingerprint density at radius 3 is 1.69 bits per heavy atom. The number of rotatable bonds is 7. The summed E-state index contributed by atoms with van der Waals surface area (Å²) in [6.07, 6.45) is 5.78. The number of fused-ring (bicyclic) bond motifs is 1. The van der Waals surface area contributed by atoms with Crippen molar-refractivity contribution in [1.29, 1.82) is 0 Å². The zero-order chi connectivity index (χ0) is 36.3. The Bertz CT molecular complexity index is 3060. The topological polar surface area (TPSA) is 33.4 Å². The molecule has 0 bridgehead atoms. The van der Waals surface area contributed by atoms with Crippen LogP contribution in [0.2, 0.25) is 0 Å². The fourth-order valence-electron chi connectivity index (χ4n) is 8.07. The lowest BCUT2D eigenvalue weighted by Crippen LogP contribution is -2.09. The van der Waals surface area contributed by atoms with Crippen molar-refractivity contribution in [3.63, 3.8) is 0 Å². The third-order valence-electron chi connectivity index (χ3n) is 10.7. The van der Waals surface area contributed by atoms with Crippen LogP contribution in [0.3, 0.4) is 0 Å². The molecule has 8 aromatic carbocycles. The fourth-order valence-corrected chi connectivity index (χ4v) is 9.12. The van der Waals surface area contributed by atoms with Crippen molar-refractivity contribution in [3.05, 3.63) is 195 Å². The Hall–Kier alpha value is -7.08. The molecule has 11 rings (SSSR count). The summed E-state index contributed by atoms with van der Waals surface area (Å²) in [6.45, 7) is 0. The van der Waals surface area contributed by atoms with Gasteiger partial charge in [0.25, 0.3) is 0 Å². The van der Waals surface area contributed by atoms with Crippen LogP contribution in [0.1, 0.15) is 0 Å². The number of benzene rings is 8.